The van der Waals surface area contributed by atoms with Crippen molar-refractivity contribution in [3.05, 3.63) is 48.3 Å². The van der Waals surface area contributed by atoms with Crippen LogP contribution < -0.4 is 0 Å². The van der Waals surface area contributed by atoms with Crippen LogP contribution in [0.2, 0.25) is 0 Å². The van der Waals surface area contributed by atoms with E-state index in [4.69, 9.17) is 0 Å². The van der Waals surface area contributed by atoms with Crippen LogP contribution in [0.1, 0.15) is 16.8 Å². The van der Waals surface area contributed by atoms with Gasteiger partial charge in [0.1, 0.15) is 0 Å². The number of aromatic nitrogens is 2. The molecule has 7 nitrogen and oxygen atoms in total. The average Bonchev–Trinajstić information content (AvgIpc) is 3.31. The molecule has 3 heterocycles. The van der Waals surface area contributed by atoms with Crippen molar-refractivity contribution in [1.82, 2.24) is 19.6 Å². The summed E-state index contributed by atoms with van der Waals surface area (Å²) < 4.78 is 25.1. The number of benzene rings is 1. The summed E-state index contributed by atoms with van der Waals surface area (Å²) in [4.78, 5) is 16.8. The fraction of sp³-hybridized carbons (Fsp3) is 0.444. The fourth-order valence-electron chi connectivity index (χ4n) is 3.71. The van der Waals surface area contributed by atoms with Crippen LogP contribution in [0.25, 0.3) is 5.69 Å². The summed E-state index contributed by atoms with van der Waals surface area (Å²) >= 11 is 0. The van der Waals surface area contributed by atoms with Crippen molar-refractivity contribution in [3.63, 3.8) is 0 Å². The molecule has 1 atom stereocenters. The zero-order valence-corrected chi connectivity index (χ0v) is 15.3. The van der Waals surface area contributed by atoms with Gasteiger partial charge in [0.15, 0.2) is 9.84 Å². The molecule has 0 spiro atoms. The predicted octanol–water partition coefficient (Wildman–Crippen LogP) is 0.817. The SMILES string of the molecule is O=C(c1ccc(-n2cccn2)cc1)N1CCN([C@H]2CCS(=O)(=O)C2)CC1. The Kier molecular flexibility index (Phi) is 4.54. The smallest absolute Gasteiger partial charge is 0.253 e. The topological polar surface area (TPSA) is 75.5 Å². The Bertz CT molecular complexity index is 870. The highest BCUT2D eigenvalue weighted by atomic mass is 32.2. The summed E-state index contributed by atoms with van der Waals surface area (Å²) in [5.41, 5.74) is 1.58. The van der Waals surface area contributed by atoms with Gasteiger partial charge in [0.2, 0.25) is 0 Å². The Morgan fingerprint density at radius 2 is 1.81 bits per heavy atom. The lowest BCUT2D eigenvalue weighted by Gasteiger charge is -2.37. The molecule has 1 amide bonds. The summed E-state index contributed by atoms with van der Waals surface area (Å²) in [7, 11) is -2.87. The Balaban J connectivity index is 1.36. The predicted molar refractivity (Wildman–Crippen MR) is 98.1 cm³/mol. The number of carbonyl (C=O) groups excluding carboxylic acids is 1. The largest absolute Gasteiger partial charge is 0.336 e. The van der Waals surface area contributed by atoms with Gasteiger partial charge < -0.3 is 4.90 Å². The van der Waals surface area contributed by atoms with Crippen LogP contribution in [-0.2, 0) is 9.84 Å². The highest BCUT2D eigenvalue weighted by molar-refractivity contribution is 7.91. The molecule has 2 aromatic rings. The van der Waals surface area contributed by atoms with Crippen LogP contribution in [0, 0.1) is 0 Å². The van der Waals surface area contributed by atoms with Crippen molar-refractivity contribution in [2.75, 3.05) is 37.7 Å². The molecule has 0 unspecified atom stereocenters. The van der Waals surface area contributed by atoms with Crippen LogP contribution in [0.4, 0.5) is 0 Å². The Labute approximate surface area is 153 Å². The number of rotatable bonds is 3. The Hall–Kier alpha value is -2.19. The summed E-state index contributed by atoms with van der Waals surface area (Å²) in [6.07, 6.45) is 4.29. The van der Waals surface area contributed by atoms with E-state index in [2.05, 4.69) is 10.00 Å². The van der Waals surface area contributed by atoms with Crippen LogP contribution in [-0.4, -0.2) is 77.6 Å². The van der Waals surface area contributed by atoms with Crippen LogP contribution in [0.3, 0.4) is 0 Å². The highest BCUT2D eigenvalue weighted by Crippen LogP contribution is 2.20. The van der Waals surface area contributed by atoms with Gasteiger partial charge in [-0.1, -0.05) is 0 Å². The van der Waals surface area contributed by atoms with E-state index in [1.54, 1.807) is 10.9 Å². The molecule has 26 heavy (non-hydrogen) atoms. The van der Waals surface area contributed by atoms with Crippen molar-refractivity contribution < 1.29 is 13.2 Å². The molecule has 4 rings (SSSR count). The first-order valence-corrected chi connectivity index (χ1v) is 10.7. The van der Waals surface area contributed by atoms with Crippen LogP contribution >= 0.6 is 0 Å². The van der Waals surface area contributed by atoms with Crippen LogP contribution in [0.15, 0.2) is 42.7 Å². The van der Waals surface area contributed by atoms with E-state index in [1.807, 2.05) is 41.4 Å². The van der Waals surface area contributed by atoms with Gasteiger partial charge in [0, 0.05) is 50.2 Å². The van der Waals surface area contributed by atoms with Gasteiger partial charge in [0.05, 0.1) is 17.2 Å². The number of sulfone groups is 1. The first-order chi connectivity index (χ1) is 12.5. The maximum atomic E-state index is 12.7. The molecule has 2 aliphatic heterocycles. The third-order valence-electron chi connectivity index (χ3n) is 5.21. The van der Waals surface area contributed by atoms with E-state index in [9.17, 15) is 13.2 Å². The maximum absolute atomic E-state index is 12.7. The molecular formula is C18H22N4O3S. The van der Waals surface area contributed by atoms with Gasteiger partial charge >= 0.3 is 0 Å². The molecule has 2 fully saturated rings. The van der Waals surface area contributed by atoms with E-state index >= 15 is 0 Å². The van der Waals surface area contributed by atoms with E-state index < -0.39 is 9.84 Å². The van der Waals surface area contributed by atoms with E-state index in [0.717, 1.165) is 18.8 Å². The molecule has 138 valence electrons. The van der Waals surface area contributed by atoms with Gasteiger partial charge in [-0.2, -0.15) is 5.10 Å². The number of hydrogen-bond donors (Lipinski definition) is 0. The molecular weight excluding hydrogens is 352 g/mol. The zero-order chi connectivity index (χ0) is 18.1. The zero-order valence-electron chi connectivity index (χ0n) is 14.5. The Morgan fingerprint density at radius 1 is 1.08 bits per heavy atom. The first kappa shape index (κ1) is 17.2. The number of carbonyl (C=O) groups is 1. The molecule has 2 saturated heterocycles. The van der Waals surface area contributed by atoms with Crippen molar-refractivity contribution in [2.45, 2.75) is 12.5 Å². The van der Waals surface area contributed by atoms with E-state index in [1.165, 1.54) is 0 Å². The molecule has 8 heteroatoms. The minimum Gasteiger partial charge on any atom is -0.336 e. The minimum atomic E-state index is -2.87. The lowest BCUT2D eigenvalue weighted by atomic mass is 10.1. The average molecular weight is 374 g/mol. The third-order valence-corrected chi connectivity index (χ3v) is 6.96. The lowest BCUT2D eigenvalue weighted by molar-refractivity contribution is 0.0588. The van der Waals surface area contributed by atoms with E-state index in [-0.39, 0.29) is 17.7 Å². The number of amides is 1. The van der Waals surface area contributed by atoms with Gasteiger partial charge in [-0.25, -0.2) is 13.1 Å². The van der Waals surface area contributed by atoms with Crippen LogP contribution in [0.5, 0.6) is 0 Å². The molecule has 0 saturated carbocycles. The summed E-state index contributed by atoms with van der Waals surface area (Å²) in [5, 5.41) is 4.18. The summed E-state index contributed by atoms with van der Waals surface area (Å²) in [6.45, 7) is 2.74. The summed E-state index contributed by atoms with van der Waals surface area (Å²) in [6, 6.07) is 9.41. The highest BCUT2D eigenvalue weighted by Gasteiger charge is 2.34. The molecule has 0 N–H and O–H groups in total. The van der Waals surface area contributed by atoms with Gasteiger partial charge in [0.25, 0.3) is 5.91 Å². The molecule has 1 aromatic heterocycles. The van der Waals surface area contributed by atoms with Gasteiger partial charge in [-0.15, -0.1) is 0 Å². The molecule has 0 aliphatic carbocycles. The molecule has 1 aromatic carbocycles. The third kappa shape index (κ3) is 3.52. The number of hydrogen-bond acceptors (Lipinski definition) is 5. The standard InChI is InChI=1S/C18H22N4O3S/c23-18(15-2-4-16(5-3-15)22-8-1-7-19-22)21-11-9-20(10-12-21)17-6-13-26(24,25)14-17/h1-5,7-8,17H,6,9-14H2/t17-/m0/s1. The summed E-state index contributed by atoms with van der Waals surface area (Å²) in [5.74, 6) is 0.575. The normalized spacial score (nSPS) is 23.2. The second-order valence-corrected chi connectivity index (χ2v) is 9.11. The van der Waals surface area contributed by atoms with Gasteiger partial charge in [-0.3, -0.25) is 9.69 Å². The molecule has 0 bridgehead atoms. The van der Waals surface area contributed by atoms with Crippen molar-refractivity contribution in [1.29, 1.82) is 0 Å². The lowest BCUT2D eigenvalue weighted by Crippen LogP contribution is -2.52. The quantitative estimate of drug-likeness (QED) is 0.795. The van der Waals surface area contributed by atoms with Crippen molar-refractivity contribution in [3.8, 4) is 5.69 Å². The monoisotopic (exact) mass is 374 g/mol. The fourth-order valence-corrected chi connectivity index (χ4v) is 5.48. The number of nitrogens with zero attached hydrogens (tertiary/aromatic N) is 4. The van der Waals surface area contributed by atoms with Crippen molar-refractivity contribution >= 4 is 15.7 Å². The van der Waals surface area contributed by atoms with Gasteiger partial charge in [-0.05, 0) is 36.8 Å². The van der Waals surface area contributed by atoms with Crippen molar-refractivity contribution in [2.24, 2.45) is 0 Å². The molecule has 0 radical (unpaired) electrons. The molecule has 2 aliphatic rings. The number of piperazine rings is 1. The second kappa shape index (κ2) is 6.85. The maximum Gasteiger partial charge on any atom is 0.253 e. The van der Waals surface area contributed by atoms with E-state index in [0.29, 0.717) is 30.8 Å². The Morgan fingerprint density at radius 3 is 2.38 bits per heavy atom. The first-order valence-electron chi connectivity index (χ1n) is 8.86. The minimum absolute atomic E-state index is 0.0238. The second-order valence-electron chi connectivity index (χ2n) is 6.88.